The lowest BCUT2D eigenvalue weighted by atomic mass is 10.1. The molecular weight excluding hydrogens is 306 g/mol. The first-order valence-electron chi connectivity index (χ1n) is 5.63. The van der Waals surface area contributed by atoms with Crippen molar-refractivity contribution in [3.05, 3.63) is 53.4 Å². The molecule has 19 heavy (non-hydrogen) atoms. The normalized spacial score (nSPS) is 10.6. The third-order valence-corrected chi connectivity index (χ3v) is 3.32. The highest BCUT2D eigenvalue weighted by atomic mass is 79.9. The maximum absolute atomic E-state index is 6.02. The first kappa shape index (κ1) is 11.9. The summed E-state index contributed by atoms with van der Waals surface area (Å²) in [5.41, 5.74) is 8.25. The molecule has 6 heteroatoms. The summed E-state index contributed by atoms with van der Waals surface area (Å²) in [6.45, 7) is 0. The van der Waals surface area contributed by atoms with Crippen LogP contribution >= 0.6 is 15.9 Å². The molecule has 0 radical (unpaired) electrons. The molecule has 5 nitrogen and oxygen atoms in total. The minimum atomic E-state index is 0.493. The lowest BCUT2D eigenvalue weighted by Crippen LogP contribution is -2.00. The van der Waals surface area contributed by atoms with Crippen LogP contribution in [0, 0.1) is 0 Å². The van der Waals surface area contributed by atoms with Crippen LogP contribution in [-0.2, 0) is 0 Å². The van der Waals surface area contributed by atoms with Crippen LogP contribution in [0.15, 0.2) is 53.4 Å². The molecular formula is C13H10BrN5. The number of nitrogen functional groups attached to an aromatic ring is 1. The van der Waals surface area contributed by atoms with E-state index in [0.29, 0.717) is 17.3 Å². The van der Waals surface area contributed by atoms with E-state index in [1.807, 2.05) is 24.3 Å². The molecule has 0 aliphatic rings. The van der Waals surface area contributed by atoms with Crippen LogP contribution in [-0.4, -0.2) is 19.7 Å². The predicted molar refractivity (Wildman–Crippen MR) is 76.7 cm³/mol. The summed E-state index contributed by atoms with van der Waals surface area (Å²) in [5, 5.41) is 4.45. The summed E-state index contributed by atoms with van der Waals surface area (Å²) in [4.78, 5) is 8.28. The maximum Gasteiger partial charge on any atom is 0.250 e. The van der Waals surface area contributed by atoms with Crippen molar-refractivity contribution in [1.29, 1.82) is 0 Å². The molecule has 0 aliphatic carbocycles. The van der Waals surface area contributed by atoms with Gasteiger partial charge in [0.25, 0.3) is 5.95 Å². The van der Waals surface area contributed by atoms with E-state index in [4.69, 9.17) is 5.73 Å². The zero-order chi connectivity index (χ0) is 13.2. The summed E-state index contributed by atoms with van der Waals surface area (Å²) >= 11 is 3.50. The Labute approximate surface area is 118 Å². The highest BCUT2D eigenvalue weighted by Gasteiger charge is 2.12. The first-order chi connectivity index (χ1) is 9.25. The van der Waals surface area contributed by atoms with Crippen molar-refractivity contribution in [2.45, 2.75) is 0 Å². The second-order valence-corrected chi connectivity index (χ2v) is 4.76. The van der Waals surface area contributed by atoms with Crippen molar-refractivity contribution in [3.63, 3.8) is 0 Å². The van der Waals surface area contributed by atoms with Gasteiger partial charge in [-0.1, -0.05) is 34.1 Å². The highest BCUT2D eigenvalue weighted by Crippen LogP contribution is 2.30. The van der Waals surface area contributed by atoms with E-state index in [0.717, 1.165) is 10.0 Å². The predicted octanol–water partition coefficient (Wildman–Crippen LogP) is 2.67. The molecule has 0 atom stereocenters. The van der Waals surface area contributed by atoms with E-state index in [1.165, 1.54) is 0 Å². The molecule has 0 unspecified atom stereocenters. The van der Waals surface area contributed by atoms with Gasteiger partial charge in [0.05, 0.1) is 11.9 Å². The van der Waals surface area contributed by atoms with Crippen LogP contribution in [0.2, 0.25) is 0 Å². The number of halogens is 1. The van der Waals surface area contributed by atoms with Gasteiger partial charge in [0, 0.05) is 22.4 Å². The van der Waals surface area contributed by atoms with Gasteiger partial charge in [-0.05, 0) is 12.1 Å². The van der Waals surface area contributed by atoms with Gasteiger partial charge < -0.3 is 5.73 Å². The van der Waals surface area contributed by atoms with Crippen LogP contribution < -0.4 is 5.73 Å². The smallest absolute Gasteiger partial charge is 0.250 e. The van der Waals surface area contributed by atoms with Crippen molar-refractivity contribution in [2.24, 2.45) is 0 Å². The van der Waals surface area contributed by atoms with Crippen LogP contribution in [0.25, 0.3) is 17.2 Å². The number of rotatable bonds is 2. The zero-order valence-corrected chi connectivity index (χ0v) is 11.4. The van der Waals surface area contributed by atoms with Gasteiger partial charge in [-0.15, -0.1) is 0 Å². The fourth-order valence-electron chi connectivity index (χ4n) is 1.76. The third-order valence-electron chi connectivity index (χ3n) is 2.63. The molecule has 0 bridgehead atoms. The molecule has 0 saturated carbocycles. The molecule has 1 aromatic carbocycles. The molecule has 0 spiro atoms. The van der Waals surface area contributed by atoms with E-state index < -0.39 is 0 Å². The Morgan fingerprint density at radius 1 is 1.05 bits per heavy atom. The van der Waals surface area contributed by atoms with Crippen LogP contribution in [0.1, 0.15) is 0 Å². The van der Waals surface area contributed by atoms with Gasteiger partial charge in [-0.25, -0.2) is 14.6 Å². The number of anilines is 1. The monoisotopic (exact) mass is 315 g/mol. The van der Waals surface area contributed by atoms with Gasteiger partial charge >= 0.3 is 0 Å². The van der Waals surface area contributed by atoms with Crippen molar-refractivity contribution < 1.29 is 0 Å². The lowest BCUT2D eigenvalue weighted by molar-refractivity contribution is 0.811. The molecule has 3 rings (SSSR count). The summed E-state index contributed by atoms with van der Waals surface area (Å²) < 4.78 is 2.52. The molecule has 0 aliphatic heterocycles. The van der Waals surface area contributed by atoms with E-state index in [1.54, 1.807) is 29.3 Å². The molecule has 2 heterocycles. The maximum atomic E-state index is 6.02. The van der Waals surface area contributed by atoms with E-state index in [2.05, 4.69) is 31.0 Å². The van der Waals surface area contributed by atoms with Gasteiger partial charge in [-0.2, -0.15) is 5.10 Å². The molecule has 2 aromatic heterocycles. The van der Waals surface area contributed by atoms with Crippen molar-refractivity contribution in [2.75, 3.05) is 5.73 Å². The molecule has 0 amide bonds. The quantitative estimate of drug-likeness (QED) is 0.789. The molecule has 0 fully saturated rings. The van der Waals surface area contributed by atoms with Gasteiger partial charge in [0.2, 0.25) is 0 Å². The van der Waals surface area contributed by atoms with E-state index >= 15 is 0 Å². The average Bonchev–Trinajstić information content (AvgIpc) is 2.82. The van der Waals surface area contributed by atoms with Crippen molar-refractivity contribution in [1.82, 2.24) is 19.7 Å². The minimum Gasteiger partial charge on any atom is -0.396 e. The molecule has 94 valence electrons. The number of aromatic nitrogens is 4. The van der Waals surface area contributed by atoms with E-state index in [-0.39, 0.29) is 0 Å². The Hall–Kier alpha value is -2.21. The number of nitrogens with two attached hydrogens (primary N) is 1. The Kier molecular flexibility index (Phi) is 3.00. The largest absolute Gasteiger partial charge is 0.396 e. The van der Waals surface area contributed by atoms with Crippen LogP contribution in [0.3, 0.4) is 0 Å². The van der Waals surface area contributed by atoms with Crippen LogP contribution in [0.4, 0.5) is 5.69 Å². The van der Waals surface area contributed by atoms with Crippen molar-refractivity contribution in [3.8, 4) is 17.2 Å². The SMILES string of the molecule is Nc1cn(-c2ncccn2)nc1-c1ccccc1Br. The fourth-order valence-corrected chi connectivity index (χ4v) is 2.23. The van der Waals surface area contributed by atoms with Gasteiger partial charge in [0.1, 0.15) is 5.69 Å². The summed E-state index contributed by atoms with van der Waals surface area (Å²) in [6.07, 6.45) is 5.04. The summed E-state index contributed by atoms with van der Waals surface area (Å²) in [6, 6.07) is 9.55. The Balaban J connectivity index is 2.11. The Bertz CT molecular complexity index is 708. The molecule has 2 N–H and O–H groups in total. The minimum absolute atomic E-state index is 0.493. The van der Waals surface area contributed by atoms with Gasteiger partial charge in [-0.3, -0.25) is 0 Å². The molecule has 3 aromatic rings. The molecule has 0 saturated heterocycles. The standard InChI is InChI=1S/C13H10BrN5/c14-10-5-2-1-4-9(10)12-11(15)8-19(18-12)13-16-6-3-7-17-13/h1-8H,15H2. The number of hydrogen-bond donors (Lipinski definition) is 1. The lowest BCUT2D eigenvalue weighted by Gasteiger charge is -2.01. The highest BCUT2D eigenvalue weighted by molar-refractivity contribution is 9.10. The topological polar surface area (TPSA) is 69.6 Å². The summed E-state index contributed by atoms with van der Waals surface area (Å²) in [5.74, 6) is 0.493. The average molecular weight is 316 g/mol. The zero-order valence-electron chi connectivity index (χ0n) is 9.86. The van der Waals surface area contributed by atoms with Gasteiger partial charge in [0.15, 0.2) is 0 Å². The Morgan fingerprint density at radius 3 is 2.53 bits per heavy atom. The summed E-state index contributed by atoms with van der Waals surface area (Å²) in [7, 11) is 0. The number of benzene rings is 1. The van der Waals surface area contributed by atoms with E-state index in [9.17, 15) is 0 Å². The third kappa shape index (κ3) is 2.22. The second kappa shape index (κ2) is 4.81. The Morgan fingerprint density at radius 2 is 1.79 bits per heavy atom. The first-order valence-corrected chi connectivity index (χ1v) is 6.42. The fraction of sp³-hybridized carbons (Fsp3) is 0. The van der Waals surface area contributed by atoms with Crippen LogP contribution in [0.5, 0.6) is 0 Å². The van der Waals surface area contributed by atoms with Crippen molar-refractivity contribution >= 4 is 21.6 Å². The second-order valence-electron chi connectivity index (χ2n) is 3.91. The number of nitrogens with zero attached hydrogens (tertiary/aromatic N) is 4. The number of hydrogen-bond acceptors (Lipinski definition) is 4.